The second-order valence-corrected chi connectivity index (χ2v) is 7.05. The van der Waals surface area contributed by atoms with Crippen LogP contribution >= 0.6 is 31.9 Å². The summed E-state index contributed by atoms with van der Waals surface area (Å²) in [5.74, 6) is 1.76. The molecule has 1 fully saturated rings. The van der Waals surface area contributed by atoms with Crippen LogP contribution in [0.5, 0.6) is 0 Å². The van der Waals surface area contributed by atoms with Gasteiger partial charge in [0, 0.05) is 28.1 Å². The van der Waals surface area contributed by atoms with Gasteiger partial charge >= 0.3 is 0 Å². The molecule has 0 radical (unpaired) electrons. The van der Waals surface area contributed by atoms with Crippen molar-refractivity contribution in [2.75, 3.05) is 20.1 Å². The number of hydrogen-bond donors (Lipinski definition) is 1. The number of likely N-dealkylation sites (N-methyl/N-ethyl adjacent to an activating group) is 1. The largest absolute Gasteiger partial charge is 0.329 e. The molecular weight excluding hydrogens is 356 g/mol. The summed E-state index contributed by atoms with van der Waals surface area (Å²) in [7, 11) is 2.18. The quantitative estimate of drug-likeness (QED) is 0.847. The fourth-order valence-corrected chi connectivity index (χ4v) is 3.08. The highest BCUT2D eigenvalue weighted by Crippen LogP contribution is 2.39. The lowest BCUT2D eigenvalue weighted by Crippen LogP contribution is -2.32. The Morgan fingerprint density at radius 2 is 2.06 bits per heavy atom. The lowest BCUT2D eigenvalue weighted by molar-refractivity contribution is 0.237. The lowest BCUT2D eigenvalue weighted by Gasteiger charge is -2.27. The van der Waals surface area contributed by atoms with Gasteiger partial charge in [0.05, 0.1) is 0 Å². The molecule has 1 aromatic carbocycles. The fraction of sp³-hybridized carbons (Fsp3) is 0.571. The van der Waals surface area contributed by atoms with E-state index in [9.17, 15) is 0 Å². The van der Waals surface area contributed by atoms with Crippen LogP contribution in [0.2, 0.25) is 0 Å². The molecule has 0 aliphatic heterocycles. The molecule has 1 aromatic rings. The normalized spacial score (nSPS) is 24.3. The molecule has 0 amide bonds. The van der Waals surface area contributed by atoms with Crippen molar-refractivity contribution >= 4 is 31.9 Å². The first-order valence-corrected chi connectivity index (χ1v) is 7.96. The summed E-state index contributed by atoms with van der Waals surface area (Å²) in [6.07, 6.45) is 1.37. The van der Waals surface area contributed by atoms with Gasteiger partial charge in [0.25, 0.3) is 0 Å². The molecule has 3 unspecified atom stereocenters. The molecule has 2 N–H and O–H groups in total. The molecule has 18 heavy (non-hydrogen) atoms. The van der Waals surface area contributed by atoms with Gasteiger partial charge in [-0.25, -0.2) is 0 Å². The third-order valence-corrected chi connectivity index (χ3v) is 5.76. The van der Waals surface area contributed by atoms with Crippen molar-refractivity contribution in [3.05, 3.63) is 32.7 Å². The minimum atomic E-state index is 0.308. The molecule has 4 heteroatoms. The van der Waals surface area contributed by atoms with Gasteiger partial charge in [0.1, 0.15) is 0 Å². The molecular formula is C14H20Br2N2. The van der Waals surface area contributed by atoms with Gasteiger partial charge in [-0.1, -0.05) is 13.0 Å². The van der Waals surface area contributed by atoms with Gasteiger partial charge in [0.15, 0.2) is 0 Å². The van der Waals surface area contributed by atoms with Crippen molar-refractivity contribution in [3.8, 4) is 0 Å². The Morgan fingerprint density at radius 3 is 2.56 bits per heavy atom. The van der Waals surface area contributed by atoms with Crippen LogP contribution in [0.15, 0.2) is 27.1 Å². The summed E-state index contributed by atoms with van der Waals surface area (Å²) in [5.41, 5.74) is 7.24. The number of hydrogen-bond acceptors (Lipinski definition) is 2. The zero-order valence-corrected chi connectivity index (χ0v) is 14.0. The fourth-order valence-electron chi connectivity index (χ4n) is 2.44. The molecule has 0 spiro atoms. The summed E-state index contributed by atoms with van der Waals surface area (Å²) < 4.78 is 2.17. The van der Waals surface area contributed by atoms with Crippen LogP contribution in [0.25, 0.3) is 0 Å². The van der Waals surface area contributed by atoms with Crippen LogP contribution in [0, 0.1) is 11.8 Å². The topological polar surface area (TPSA) is 29.3 Å². The van der Waals surface area contributed by atoms with E-state index >= 15 is 0 Å². The maximum absolute atomic E-state index is 5.96. The monoisotopic (exact) mass is 374 g/mol. The van der Waals surface area contributed by atoms with E-state index in [0.717, 1.165) is 27.3 Å². The second-order valence-electron chi connectivity index (χ2n) is 5.34. The van der Waals surface area contributed by atoms with Crippen LogP contribution in [-0.4, -0.2) is 25.0 Å². The minimum absolute atomic E-state index is 0.308. The lowest BCUT2D eigenvalue weighted by atomic mass is 10.1. The molecule has 100 valence electrons. The van der Waals surface area contributed by atoms with Gasteiger partial charge in [-0.15, -0.1) is 0 Å². The van der Waals surface area contributed by atoms with Gasteiger partial charge < -0.3 is 5.73 Å². The molecule has 1 saturated carbocycles. The first-order chi connectivity index (χ1) is 8.52. The van der Waals surface area contributed by atoms with E-state index in [2.05, 4.69) is 68.9 Å². The smallest absolute Gasteiger partial charge is 0.0467 e. The van der Waals surface area contributed by atoms with Crippen molar-refractivity contribution in [2.45, 2.75) is 19.4 Å². The SMILES string of the molecule is CC1CC1CN(C)C(CN)c1ccc(Br)c(Br)c1. The third-order valence-electron chi connectivity index (χ3n) is 3.88. The Kier molecular flexibility index (Phi) is 4.86. The molecule has 1 aliphatic rings. The minimum Gasteiger partial charge on any atom is -0.329 e. The Balaban J connectivity index is 2.08. The standard InChI is InChI=1S/C14H20Br2N2/c1-9-5-11(9)8-18(2)14(7-17)10-3-4-12(15)13(16)6-10/h3-4,6,9,11,14H,5,7-8,17H2,1-2H3. The average molecular weight is 376 g/mol. The molecule has 1 aliphatic carbocycles. The predicted octanol–water partition coefficient (Wildman–Crippen LogP) is 3.80. The predicted molar refractivity (Wildman–Crippen MR) is 83.5 cm³/mol. The average Bonchev–Trinajstić information content (AvgIpc) is 3.00. The third kappa shape index (κ3) is 3.35. The molecule has 0 aromatic heterocycles. The molecule has 0 bridgehead atoms. The van der Waals surface area contributed by atoms with Gasteiger partial charge in [0.2, 0.25) is 0 Å². The number of benzene rings is 1. The van der Waals surface area contributed by atoms with E-state index in [4.69, 9.17) is 5.73 Å². The van der Waals surface area contributed by atoms with E-state index < -0.39 is 0 Å². The summed E-state index contributed by atoms with van der Waals surface area (Å²) >= 11 is 7.06. The molecule has 2 nitrogen and oxygen atoms in total. The first-order valence-electron chi connectivity index (χ1n) is 6.38. The van der Waals surface area contributed by atoms with Gasteiger partial charge in [-0.05, 0) is 74.9 Å². The van der Waals surface area contributed by atoms with Crippen molar-refractivity contribution in [3.63, 3.8) is 0 Å². The van der Waals surface area contributed by atoms with Gasteiger partial charge in [-0.2, -0.15) is 0 Å². The van der Waals surface area contributed by atoms with E-state index in [0.29, 0.717) is 12.6 Å². The Labute approximate surface area is 126 Å². The molecule has 3 atom stereocenters. The van der Waals surface area contributed by atoms with Crippen molar-refractivity contribution in [2.24, 2.45) is 17.6 Å². The van der Waals surface area contributed by atoms with Crippen LogP contribution in [0.3, 0.4) is 0 Å². The van der Waals surface area contributed by atoms with Crippen molar-refractivity contribution in [1.82, 2.24) is 4.90 Å². The Hall–Kier alpha value is 0.1000. The maximum atomic E-state index is 5.96. The zero-order chi connectivity index (χ0) is 13.3. The van der Waals surface area contributed by atoms with Crippen molar-refractivity contribution < 1.29 is 0 Å². The van der Waals surface area contributed by atoms with E-state index in [1.165, 1.54) is 12.0 Å². The summed E-state index contributed by atoms with van der Waals surface area (Å²) in [6.45, 7) is 4.13. The van der Waals surface area contributed by atoms with Crippen LogP contribution in [0.1, 0.15) is 24.9 Å². The highest BCUT2D eigenvalue weighted by atomic mass is 79.9. The number of rotatable bonds is 5. The first kappa shape index (κ1) is 14.5. The van der Waals surface area contributed by atoms with Gasteiger partial charge in [-0.3, -0.25) is 4.90 Å². The Morgan fingerprint density at radius 1 is 1.39 bits per heavy atom. The van der Waals surface area contributed by atoms with Crippen LogP contribution < -0.4 is 5.73 Å². The zero-order valence-electron chi connectivity index (χ0n) is 10.9. The molecule has 0 heterocycles. The van der Waals surface area contributed by atoms with Crippen LogP contribution in [-0.2, 0) is 0 Å². The summed E-state index contributed by atoms with van der Waals surface area (Å²) in [4.78, 5) is 2.39. The molecule has 0 saturated heterocycles. The summed E-state index contributed by atoms with van der Waals surface area (Å²) in [6, 6.07) is 6.70. The van der Waals surface area contributed by atoms with E-state index in [1.807, 2.05) is 0 Å². The maximum Gasteiger partial charge on any atom is 0.0467 e. The highest BCUT2D eigenvalue weighted by Gasteiger charge is 2.34. The summed E-state index contributed by atoms with van der Waals surface area (Å²) in [5, 5.41) is 0. The number of nitrogens with zero attached hydrogens (tertiary/aromatic N) is 1. The molecule has 2 rings (SSSR count). The Bertz CT molecular complexity index is 422. The van der Waals surface area contributed by atoms with E-state index in [1.54, 1.807) is 0 Å². The van der Waals surface area contributed by atoms with E-state index in [-0.39, 0.29) is 0 Å². The highest BCUT2D eigenvalue weighted by molar-refractivity contribution is 9.13. The van der Waals surface area contributed by atoms with Crippen LogP contribution in [0.4, 0.5) is 0 Å². The number of halogens is 2. The number of nitrogens with two attached hydrogens (primary N) is 1. The second kappa shape index (κ2) is 6.04. The van der Waals surface area contributed by atoms with Crippen molar-refractivity contribution in [1.29, 1.82) is 0 Å².